The molecule has 0 amide bonds. The van der Waals surface area contributed by atoms with Crippen molar-refractivity contribution in [3.8, 4) is 11.1 Å². The summed E-state index contributed by atoms with van der Waals surface area (Å²) in [6.07, 6.45) is -1.66. The van der Waals surface area contributed by atoms with E-state index in [1.165, 1.54) is 19.1 Å². The molecule has 1 unspecified atom stereocenters. The van der Waals surface area contributed by atoms with E-state index in [2.05, 4.69) is 0 Å². The van der Waals surface area contributed by atoms with Gasteiger partial charge in [0, 0.05) is 28.4 Å². The fourth-order valence-electron chi connectivity index (χ4n) is 2.10. The highest BCUT2D eigenvalue weighted by molar-refractivity contribution is 6.33. The van der Waals surface area contributed by atoms with Gasteiger partial charge in [0.25, 0.3) is 12.0 Å². The first kappa shape index (κ1) is 17.4. The highest BCUT2D eigenvalue weighted by atomic mass is 35.5. The molecule has 0 radical (unpaired) electrons. The predicted molar refractivity (Wildman–Crippen MR) is 83.5 cm³/mol. The Bertz CT molecular complexity index is 821. The zero-order valence-electron chi connectivity index (χ0n) is 11.8. The van der Waals surface area contributed by atoms with Gasteiger partial charge >= 0.3 is 5.97 Å². The van der Waals surface area contributed by atoms with Crippen LogP contribution >= 0.6 is 23.2 Å². The van der Waals surface area contributed by atoms with Crippen LogP contribution in [0.2, 0.25) is 10.0 Å². The van der Waals surface area contributed by atoms with Crippen molar-refractivity contribution in [2.24, 2.45) is 0 Å². The van der Waals surface area contributed by atoms with Gasteiger partial charge in [-0.25, -0.2) is 13.6 Å². The Morgan fingerprint density at radius 1 is 1.22 bits per heavy atom. The van der Waals surface area contributed by atoms with Gasteiger partial charge in [-0.05, 0) is 24.6 Å². The van der Waals surface area contributed by atoms with Crippen molar-refractivity contribution in [1.82, 2.24) is 4.57 Å². The lowest BCUT2D eigenvalue weighted by Crippen LogP contribution is -2.27. The van der Waals surface area contributed by atoms with Crippen LogP contribution in [-0.4, -0.2) is 15.6 Å². The molecule has 0 saturated heterocycles. The number of nitrogens with zero attached hydrogens (tertiary/aromatic N) is 1. The van der Waals surface area contributed by atoms with Gasteiger partial charge in [-0.3, -0.25) is 9.36 Å². The summed E-state index contributed by atoms with van der Waals surface area (Å²) in [5.74, 6) is -1.22. The van der Waals surface area contributed by atoms with Crippen LogP contribution in [0.15, 0.2) is 35.3 Å². The number of benzene rings is 1. The number of carboxylic acids is 1. The van der Waals surface area contributed by atoms with Crippen LogP contribution in [0.4, 0.5) is 8.78 Å². The fraction of sp³-hybridized carbons (Fsp3) is 0.200. The van der Waals surface area contributed by atoms with E-state index in [4.69, 9.17) is 28.3 Å². The van der Waals surface area contributed by atoms with E-state index in [-0.39, 0.29) is 26.7 Å². The maximum atomic E-state index is 13.1. The number of alkyl halides is 2. The normalized spacial score (nSPS) is 12.4. The number of pyridine rings is 1. The molecule has 122 valence electrons. The molecule has 0 spiro atoms. The van der Waals surface area contributed by atoms with Gasteiger partial charge in [0.1, 0.15) is 6.04 Å². The summed E-state index contributed by atoms with van der Waals surface area (Å²) >= 11 is 11.9. The number of halogens is 4. The molecule has 8 heteroatoms. The summed E-state index contributed by atoms with van der Waals surface area (Å²) in [6, 6.07) is 3.65. The minimum Gasteiger partial charge on any atom is -0.480 e. The van der Waals surface area contributed by atoms with E-state index in [0.29, 0.717) is 0 Å². The highest BCUT2D eigenvalue weighted by Crippen LogP contribution is 2.36. The van der Waals surface area contributed by atoms with E-state index in [9.17, 15) is 18.4 Å². The molecule has 4 nitrogen and oxygen atoms in total. The lowest BCUT2D eigenvalue weighted by molar-refractivity contribution is -0.140. The molecule has 1 aromatic carbocycles. The Kier molecular flexibility index (Phi) is 5.06. The van der Waals surface area contributed by atoms with E-state index in [1.54, 1.807) is 0 Å². The average molecular weight is 362 g/mol. The third-order valence-electron chi connectivity index (χ3n) is 3.35. The molecule has 0 fully saturated rings. The topological polar surface area (TPSA) is 59.3 Å². The van der Waals surface area contributed by atoms with E-state index in [0.717, 1.165) is 22.9 Å². The number of hydrogen-bond acceptors (Lipinski definition) is 2. The van der Waals surface area contributed by atoms with Crippen LogP contribution in [0.1, 0.15) is 25.0 Å². The standard InChI is InChI=1S/C15H11Cl2F2NO3/c1-7(15(22)23)20-6-12(17)11(5-13(20)21)10-4-8(16)2-3-9(10)14(18)19/h2-7,14H,1H3,(H,22,23). The van der Waals surface area contributed by atoms with Crippen LogP contribution < -0.4 is 5.56 Å². The van der Waals surface area contributed by atoms with Gasteiger partial charge in [-0.15, -0.1) is 0 Å². The van der Waals surface area contributed by atoms with Crippen LogP contribution in [-0.2, 0) is 4.79 Å². The van der Waals surface area contributed by atoms with E-state index in [1.807, 2.05) is 0 Å². The average Bonchev–Trinajstić information content (AvgIpc) is 2.47. The molecule has 1 aromatic heterocycles. The van der Waals surface area contributed by atoms with Crippen molar-refractivity contribution in [2.45, 2.75) is 19.4 Å². The van der Waals surface area contributed by atoms with Gasteiger partial charge in [-0.2, -0.15) is 0 Å². The van der Waals surface area contributed by atoms with Crippen molar-refractivity contribution >= 4 is 29.2 Å². The van der Waals surface area contributed by atoms with Crippen molar-refractivity contribution in [1.29, 1.82) is 0 Å². The second-order valence-electron chi connectivity index (χ2n) is 4.83. The summed E-state index contributed by atoms with van der Waals surface area (Å²) in [6.45, 7) is 1.31. The van der Waals surface area contributed by atoms with Gasteiger partial charge in [0.05, 0.1) is 5.02 Å². The SMILES string of the molecule is CC(C(=O)O)n1cc(Cl)c(-c2cc(Cl)ccc2C(F)F)cc1=O. The number of hydrogen-bond donors (Lipinski definition) is 1. The molecular weight excluding hydrogens is 351 g/mol. The number of aliphatic carboxylic acids is 1. The molecule has 2 aromatic rings. The Hall–Kier alpha value is -1.92. The van der Waals surface area contributed by atoms with Crippen molar-refractivity contribution in [3.63, 3.8) is 0 Å². The van der Waals surface area contributed by atoms with Crippen LogP contribution in [0.25, 0.3) is 11.1 Å². The number of carbonyl (C=O) groups is 1. The van der Waals surface area contributed by atoms with Gasteiger partial charge in [-0.1, -0.05) is 29.3 Å². The minimum absolute atomic E-state index is 0.0260. The Morgan fingerprint density at radius 3 is 2.43 bits per heavy atom. The number of carboxylic acid groups (broad SMARTS) is 1. The molecular formula is C15H11Cl2F2NO3. The van der Waals surface area contributed by atoms with E-state index >= 15 is 0 Å². The van der Waals surface area contributed by atoms with Gasteiger partial charge in [0.15, 0.2) is 0 Å². The molecule has 2 rings (SSSR count). The predicted octanol–water partition coefficient (Wildman–Crippen LogP) is 4.41. The summed E-state index contributed by atoms with van der Waals surface area (Å²) in [5.41, 5.74) is -0.882. The largest absolute Gasteiger partial charge is 0.480 e. The highest BCUT2D eigenvalue weighted by Gasteiger charge is 2.20. The first-order valence-corrected chi connectivity index (χ1v) is 7.20. The molecule has 0 aliphatic heterocycles. The summed E-state index contributed by atoms with van der Waals surface area (Å²) in [5, 5.41) is 9.16. The number of rotatable bonds is 4. The maximum absolute atomic E-state index is 13.1. The van der Waals surface area contributed by atoms with Gasteiger partial charge < -0.3 is 5.11 Å². The first-order chi connectivity index (χ1) is 10.7. The van der Waals surface area contributed by atoms with Crippen molar-refractivity contribution in [3.05, 3.63) is 56.4 Å². The zero-order valence-corrected chi connectivity index (χ0v) is 13.3. The smallest absolute Gasteiger partial charge is 0.326 e. The number of aromatic nitrogens is 1. The Balaban J connectivity index is 2.67. The van der Waals surface area contributed by atoms with Crippen molar-refractivity contribution < 1.29 is 18.7 Å². The third kappa shape index (κ3) is 3.54. The summed E-state index contributed by atoms with van der Waals surface area (Å²) in [7, 11) is 0. The molecule has 1 N–H and O–H groups in total. The van der Waals surface area contributed by atoms with Gasteiger partial charge in [0.2, 0.25) is 0 Å². The molecule has 1 heterocycles. The minimum atomic E-state index is -2.78. The fourth-order valence-corrected chi connectivity index (χ4v) is 2.54. The quantitative estimate of drug-likeness (QED) is 0.877. The lowest BCUT2D eigenvalue weighted by atomic mass is 10.0. The lowest BCUT2D eigenvalue weighted by Gasteiger charge is -2.15. The van der Waals surface area contributed by atoms with E-state index < -0.39 is 24.0 Å². The van der Waals surface area contributed by atoms with Crippen LogP contribution in [0.5, 0.6) is 0 Å². The van der Waals surface area contributed by atoms with Crippen molar-refractivity contribution in [2.75, 3.05) is 0 Å². The molecule has 0 aliphatic carbocycles. The molecule has 23 heavy (non-hydrogen) atoms. The Morgan fingerprint density at radius 2 is 1.87 bits per heavy atom. The maximum Gasteiger partial charge on any atom is 0.326 e. The molecule has 0 saturated carbocycles. The summed E-state index contributed by atoms with van der Waals surface area (Å²) < 4.78 is 27.2. The molecule has 1 atom stereocenters. The first-order valence-electron chi connectivity index (χ1n) is 6.45. The zero-order chi connectivity index (χ0) is 17.3. The monoisotopic (exact) mass is 361 g/mol. The van der Waals surface area contributed by atoms with Crippen LogP contribution in [0, 0.1) is 0 Å². The second kappa shape index (κ2) is 6.68. The molecule has 0 aliphatic rings. The molecule has 0 bridgehead atoms. The summed E-state index contributed by atoms with van der Waals surface area (Å²) in [4.78, 5) is 23.1. The third-order valence-corrected chi connectivity index (χ3v) is 3.88. The second-order valence-corrected chi connectivity index (χ2v) is 5.67. The van der Waals surface area contributed by atoms with Crippen LogP contribution in [0.3, 0.4) is 0 Å². The Labute approximate surface area is 139 Å².